The van der Waals surface area contributed by atoms with Gasteiger partial charge in [-0.1, -0.05) is 24.3 Å². The number of hydrogen-bond acceptors (Lipinski definition) is 3. The summed E-state index contributed by atoms with van der Waals surface area (Å²) < 4.78 is 0. The van der Waals surface area contributed by atoms with E-state index in [0.29, 0.717) is 12.1 Å². The molecule has 0 atom stereocenters. The summed E-state index contributed by atoms with van der Waals surface area (Å²) in [4.78, 5) is 27.2. The van der Waals surface area contributed by atoms with Crippen LogP contribution < -0.4 is 10.6 Å². The van der Waals surface area contributed by atoms with Crippen molar-refractivity contribution >= 4 is 11.9 Å². The van der Waals surface area contributed by atoms with Crippen LogP contribution in [0.15, 0.2) is 54.9 Å². The first-order chi connectivity index (χ1) is 9.25. The Morgan fingerprint density at radius 3 is 2.53 bits per heavy atom. The Morgan fingerprint density at radius 2 is 1.84 bits per heavy atom. The second-order valence-electron chi connectivity index (χ2n) is 3.86. The van der Waals surface area contributed by atoms with Crippen molar-refractivity contribution in [1.82, 2.24) is 15.6 Å². The summed E-state index contributed by atoms with van der Waals surface area (Å²) in [5, 5.41) is 4.85. The van der Waals surface area contributed by atoms with Gasteiger partial charge in [-0.3, -0.25) is 15.1 Å². The van der Waals surface area contributed by atoms with E-state index in [4.69, 9.17) is 0 Å². The molecular formula is C14H13N3O2. The lowest BCUT2D eigenvalue weighted by atomic mass is 10.2. The molecule has 5 heteroatoms. The molecule has 0 aliphatic heterocycles. The van der Waals surface area contributed by atoms with E-state index in [2.05, 4.69) is 15.6 Å². The van der Waals surface area contributed by atoms with E-state index in [1.807, 2.05) is 6.07 Å². The van der Waals surface area contributed by atoms with Crippen LogP contribution in [0.1, 0.15) is 15.9 Å². The summed E-state index contributed by atoms with van der Waals surface area (Å²) in [5.74, 6) is -0.427. The van der Waals surface area contributed by atoms with Crippen molar-refractivity contribution in [1.29, 1.82) is 0 Å². The molecule has 0 aliphatic rings. The minimum Gasteiger partial charge on any atom is -0.334 e. The van der Waals surface area contributed by atoms with Crippen LogP contribution in [-0.2, 0) is 6.54 Å². The Balaban J connectivity index is 1.83. The van der Waals surface area contributed by atoms with Gasteiger partial charge in [0.2, 0.25) is 0 Å². The molecule has 3 amide bonds. The van der Waals surface area contributed by atoms with Crippen molar-refractivity contribution in [3.8, 4) is 0 Å². The SMILES string of the molecule is O=C(NCc1cccnc1)NC(=O)c1ccccc1. The van der Waals surface area contributed by atoms with Crippen molar-refractivity contribution in [2.45, 2.75) is 6.54 Å². The molecule has 2 aromatic rings. The number of carbonyl (C=O) groups excluding carboxylic acids is 2. The fourth-order valence-electron chi connectivity index (χ4n) is 1.49. The zero-order valence-corrected chi connectivity index (χ0v) is 10.2. The van der Waals surface area contributed by atoms with Crippen LogP contribution in [0.3, 0.4) is 0 Å². The van der Waals surface area contributed by atoms with Crippen molar-refractivity contribution in [3.05, 3.63) is 66.0 Å². The van der Waals surface area contributed by atoms with E-state index in [-0.39, 0.29) is 0 Å². The number of hydrogen-bond donors (Lipinski definition) is 2. The summed E-state index contributed by atoms with van der Waals surface area (Å²) in [6.45, 7) is 0.321. The van der Waals surface area contributed by atoms with Crippen LogP contribution in [-0.4, -0.2) is 16.9 Å². The first-order valence-electron chi connectivity index (χ1n) is 5.79. The van der Waals surface area contributed by atoms with Crippen molar-refractivity contribution < 1.29 is 9.59 Å². The van der Waals surface area contributed by atoms with Gasteiger partial charge in [-0.15, -0.1) is 0 Å². The highest BCUT2D eigenvalue weighted by Crippen LogP contribution is 1.98. The fraction of sp³-hybridized carbons (Fsp3) is 0.0714. The number of aromatic nitrogens is 1. The molecule has 5 nitrogen and oxygen atoms in total. The number of nitrogens with zero attached hydrogens (tertiary/aromatic N) is 1. The van der Waals surface area contributed by atoms with Gasteiger partial charge >= 0.3 is 6.03 Å². The van der Waals surface area contributed by atoms with Crippen molar-refractivity contribution in [2.24, 2.45) is 0 Å². The average molecular weight is 255 g/mol. The molecular weight excluding hydrogens is 242 g/mol. The maximum atomic E-state index is 11.7. The van der Waals surface area contributed by atoms with Gasteiger partial charge < -0.3 is 5.32 Å². The number of imide groups is 1. The van der Waals surface area contributed by atoms with E-state index in [1.54, 1.807) is 48.8 Å². The third kappa shape index (κ3) is 3.92. The van der Waals surface area contributed by atoms with Crippen LogP contribution in [0, 0.1) is 0 Å². The first kappa shape index (κ1) is 12.8. The second-order valence-corrected chi connectivity index (χ2v) is 3.86. The van der Waals surface area contributed by atoms with E-state index in [9.17, 15) is 9.59 Å². The molecule has 19 heavy (non-hydrogen) atoms. The summed E-state index contributed by atoms with van der Waals surface area (Å²) >= 11 is 0. The van der Waals surface area contributed by atoms with Crippen LogP contribution in [0.2, 0.25) is 0 Å². The van der Waals surface area contributed by atoms with Gasteiger partial charge in [0.25, 0.3) is 5.91 Å². The quantitative estimate of drug-likeness (QED) is 0.877. The number of carbonyl (C=O) groups is 2. The molecule has 1 aromatic heterocycles. The molecule has 0 saturated carbocycles. The summed E-state index contributed by atoms with van der Waals surface area (Å²) in [6.07, 6.45) is 3.31. The van der Waals surface area contributed by atoms with Gasteiger partial charge in [0.05, 0.1) is 0 Å². The molecule has 2 rings (SSSR count). The maximum absolute atomic E-state index is 11.7. The molecule has 2 N–H and O–H groups in total. The summed E-state index contributed by atoms with van der Waals surface area (Å²) in [7, 11) is 0. The Kier molecular flexibility index (Phi) is 4.23. The Hall–Kier alpha value is -2.69. The maximum Gasteiger partial charge on any atom is 0.321 e. The molecule has 0 fully saturated rings. The van der Waals surface area contributed by atoms with Gasteiger partial charge in [0, 0.05) is 24.5 Å². The standard InChI is InChI=1S/C14H13N3O2/c18-13(12-6-2-1-3-7-12)17-14(19)16-10-11-5-4-8-15-9-11/h1-9H,10H2,(H2,16,17,18,19). The predicted molar refractivity (Wildman–Crippen MR) is 70.4 cm³/mol. The normalized spacial score (nSPS) is 9.68. The highest BCUT2D eigenvalue weighted by atomic mass is 16.2. The lowest BCUT2D eigenvalue weighted by Gasteiger charge is -2.06. The van der Waals surface area contributed by atoms with Crippen LogP contribution in [0.5, 0.6) is 0 Å². The first-order valence-corrected chi connectivity index (χ1v) is 5.79. The Labute approximate surface area is 110 Å². The fourth-order valence-corrected chi connectivity index (χ4v) is 1.49. The largest absolute Gasteiger partial charge is 0.334 e. The molecule has 1 aromatic carbocycles. The zero-order valence-electron chi connectivity index (χ0n) is 10.2. The van der Waals surface area contributed by atoms with Gasteiger partial charge in [0.1, 0.15) is 0 Å². The van der Waals surface area contributed by atoms with E-state index in [1.165, 1.54) is 0 Å². The van der Waals surface area contributed by atoms with Crippen molar-refractivity contribution in [2.75, 3.05) is 0 Å². The van der Waals surface area contributed by atoms with Gasteiger partial charge in [-0.2, -0.15) is 0 Å². The zero-order chi connectivity index (χ0) is 13.5. The smallest absolute Gasteiger partial charge is 0.321 e. The number of nitrogens with one attached hydrogen (secondary N) is 2. The van der Waals surface area contributed by atoms with E-state index < -0.39 is 11.9 Å². The van der Waals surface area contributed by atoms with Gasteiger partial charge in [-0.05, 0) is 23.8 Å². The van der Waals surface area contributed by atoms with E-state index >= 15 is 0 Å². The lowest BCUT2D eigenvalue weighted by Crippen LogP contribution is -2.39. The highest BCUT2D eigenvalue weighted by molar-refractivity contribution is 6.04. The number of pyridine rings is 1. The number of benzene rings is 1. The molecule has 0 unspecified atom stereocenters. The van der Waals surface area contributed by atoms with E-state index in [0.717, 1.165) is 5.56 Å². The summed E-state index contributed by atoms with van der Waals surface area (Å²) in [5.41, 5.74) is 1.31. The lowest BCUT2D eigenvalue weighted by molar-refractivity contribution is 0.0964. The number of urea groups is 1. The average Bonchev–Trinajstić information content (AvgIpc) is 2.47. The molecule has 0 saturated heterocycles. The molecule has 0 aliphatic carbocycles. The number of amides is 3. The molecule has 1 heterocycles. The molecule has 96 valence electrons. The minimum atomic E-state index is -0.530. The van der Waals surface area contributed by atoms with Gasteiger partial charge in [0.15, 0.2) is 0 Å². The monoisotopic (exact) mass is 255 g/mol. The predicted octanol–water partition coefficient (Wildman–Crippen LogP) is 1.72. The number of rotatable bonds is 3. The van der Waals surface area contributed by atoms with Gasteiger partial charge in [-0.25, -0.2) is 4.79 Å². The minimum absolute atomic E-state index is 0.321. The Bertz CT molecular complexity index is 555. The van der Waals surface area contributed by atoms with Crippen LogP contribution >= 0.6 is 0 Å². The Morgan fingerprint density at radius 1 is 1.05 bits per heavy atom. The third-order valence-corrected chi connectivity index (χ3v) is 2.44. The molecule has 0 radical (unpaired) electrons. The van der Waals surface area contributed by atoms with Crippen LogP contribution in [0.25, 0.3) is 0 Å². The van der Waals surface area contributed by atoms with Crippen LogP contribution in [0.4, 0.5) is 4.79 Å². The van der Waals surface area contributed by atoms with Crippen molar-refractivity contribution in [3.63, 3.8) is 0 Å². The molecule has 0 bridgehead atoms. The topological polar surface area (TPSA) is 71.1 Å². The molecule has 0 spiro atoms. The second kappa shape index (κ2) is 6.30. The summed E-state index contributed by atoms with van der Waals surface area (Å²) in [6, 6.07) is 11.7. The highest BCUT2D eigenvalue weighted by Gasteiger charge is 2.08. The third-order valence-electron chi connectivity index (χ3n) is 2.44.